The molecule has 0 aliphatic heterocycles. The number of benzene rings is 1. The summed E-state index contributed by atoms with van der Waals surface area (Å²) in [5, 5.41) is 8.73. The van der Waals surface area contributed by atoms with E-state index in [4.69, 9.17) is 4.74 Å². The molecule has 0 radical (unpaired) electrons. The Morgan fingerprint density at radius 3 is 3.00 bits per heavy atom. The molecule has 6 heteroatoms. The van der Waals surface area contributed by atoms with Crippen LogP contribution in [-0.2, 0) is 6.42 Å². The minimum absolute atomic E-state index is 0.0200. The van der Waals surface area contributed by atoms with Gasteiger partial charge < -0.3 is 15.4 Å². The quantitative estimate of drug-likeness (QED) is 0.726. The zero-order valence-electron chi connectivity index (χ0n) is 13.5. The third-order valence-electron chi connectivity index (χ3n) is 3.53. The number of amides is 2. The fourth-order valence-corrected chi connectivity index (χ4v) is 3.05. The molecular formula is C17H23N3O2S. The Labute approximate surface area is 141 Å². The molecule has 1 atom stereocenters. The van der Waals surface area contributed by atoms with Crippen LogP contribution < -0.4 is 15.4 Å². The number of aromatic nitrogens is 1. The average Bonchev–Trinajstić information content (AvgIpc) is 3.11. The number of urea groups is 1. The Morgan fingerprint density at radius 2 is 2.30 bits per heavy atom. The van der Waals surface area contributed by atoms with Crippen molar-refractivity contribution in [1.82, 2.24) is 15.6 Å². The Hall–Kier alpha value is -2.08. The van der Waals surface area contributed by atoms with Gasteiger partial charge >= 0.3 is 6.03 Å². The molecule has 0 saturated heterocycles. The Balaban J connectivity index is 1.70. The molecule has 0 spiro atoms. The summed E-state index contributed by atoms with van der Waals surface area (Å²) in [4.78, 5) is 16.2. The molecule has 0 aliphatic rings. The van der Waals surface area contributed by atoms with Gasteiger partial charge in [0.2, 0.25) is 0 Å². The number of thiazole rings is 1. The van der Waals surface area contributed by atoms with E-state index in [1.165, 1.54) is 5.56 Å². The second-order valence-corrected chi connectivity index (χ2v) is 6.11. The summed E-state index contributed by atoms with van der Waals surface area (Å²) in [6.45, 7) is 2.67. The van der Waals surface area contributed by atoms with Gasteiger partial charge in [-0.3, -0.25) is 0 Å². The van der Waals surface area contributed by atoms with E-state index >= 15 is 0 Å². The van der Waals surface area contributed by atoms with Gasteiger partial charge in [-0.2, -0.15) is 0 Å². The lowest BCUT2D eigenvalue weighted by molar-refractivity contribution is 0.236. The van der Waals surface area contributed by atoms with Gasteiger partial charge in [-0.25, -0.2) is 9.78 Å². The molecule has 0 fully saturated rings. The molecule has 2 rings (SSSR count). The Morgan fingerprint density at radius 1 is 1.43 bits per heavy atom. The Bertz CT molecular complexity index is 602. The van der Waals surface area contributed by atoms with Gasteiger partial charge in [-0.15, -0.1) is 11.3 Å². The fourth-order valence-electron chi connectivity index (χ4n) is 2.28. The lowest BCUT2D eigenvalue weighted by atomic mass is 10.1. The summed E-state index contributed by atoms with van der Waals surface area (Å²) < 4.78 is 5.21. The molecule has 1 aromatic heterocycles. The van der Waals surface area contributed by atoms with Crippen LogP contribution >= 0.6 is 11.3 Å². The van der Waals surface area contributed by atoms with Gasteiger partial charge in [-0.1, -0.05) is 19.1 Å². The number of aryl methyl sites for hydroxylation is 1. The number of carbonyl (C=O) groups is 1. The number of rotatable bonds is 8. The smallest absolute Gasteiger partial charge is 0.315 e. The molecule has 5 nitrogen and oxygen atoms in total. The number of ether oxygens (including phenoxy) is 1. The van der Waals surface area contributed by atoms with Crippen molar-refractivity contribution in [2.75, 3.05) is 13.7 Å². The predicted molar refractivity (Wildman–Crippen MR) is 93.0 cm³/mol. The number of nitrogens with one attached hydrogen (secondary N) is 2. The SMILES string of the molecule is CC[C@@H](NC(=O)NCCCc1cccc(OC)c1)c1nccs1. The molecule has 0 unspecified atom stereocenters. The van der Waals surface area contributed by atoms with Crippen molar-refractivity contribution in [3.05, 3.63) is 46.4 Å². The van der Waals surface area contributed by atoms with Crippen LogP contribution in [0.1, 0.15) is 36.4 Å². The third-order valence-corrected chi connectivity index (χ3v) is 4.41. The van der Waals surface area contributed by atoms with Gasteiger partial charge in [0.25, 0.3) is 0 Å². The minimum Gasteiger partial charge on any atom is -0.497 e. The van der Waals surface area contributed by atoms with Crippen molar-refractivity contribution in [3.63, 3.8) is 0 Å². The van der Waals surface area contributed by atoms with Crippen molar-refractivity contribution in [1.29, 1.82) is 0 Å². The van der Waals surface area contributed by atoms with Gasteiger partial charge in [0, 0.05) is 18.1 Å². The van der Waals surface area contributed by atoms with Gasteiger partial charge in [0.1, 0.15) is 10.8 Å². The molecule has 124 valence electrons. The van der Waals surface area contributed by atoms with Crippen molar-refractivity contribution >= 4 is 17.4 Å². The van der Waals surface area contributed by atoms with Gasteiger partial charge in [0.15, 0.2) is 0 Å². The molecule has 23 heavy (non-hydrogen) atoms. The highest BCUT2D eigenvalue weighted by Crippen LogP contribution is 2.18. The van der Waals surface area contributed by atoms with Crippen molar-refractivity contribution < 1.29 is 9.53 Å². The second-order valence-electron chi connectivity index (χ2n) is 5.19. The van der Waals surface area contributed by atoms with Crippen molar-refractivity contribution in [2.24, 2.45) is 0 Å². The largest absolute Gasteiger partial charge is 0.497 e. The summed E-state index contributed by atoms with van der Waals surface area (Å²) >= 11 is 1.56. The number of nitrogens with zero attached hydrogens (tertiary/aromatic N) is 1. The molecule has 2 aromatic rings. The maximum atomic E-state index is 12.0. The lowest BCUT2D eigenvalue weighted by Crippen LogP contribution is -2.38. The monoisotopic (exact) mass is 333 g/mol. The molecule has 1 heterocycles. The van der Waals surface area contributed by atoms with Crippen LogP contribution in [0.15, 0.2) is 35.8 Å². The van der Waals surface area contributed by atoms with E-state index in [1.807, 2.05) is 30.5 Å². The molecule has 2 N–H and O–H groups in total. The van der Waals surface area contributed by atoms with Crippen LogP contribution in [0.3, 0.4) is 0 Å². The first-order chi connectivity index (χ1) is 11.2. The van der Waals surface area contributed by atoms with Crippen LogP contribution in [-0.4, -0.2) is 24.7 Å². The van der Waals surface area contributed by atoms with E-state index in [9.17, 15) is 4.79 Å². The molecule has 0 aliphatic carbocycles. The van der Waals surface area contributed by atoms with E-state index in [0.29, 0.717) is 6.54 Å². The van der Waals surface area contributed by atoms with Gasteiger partial charge in [0.05, 0.1) is 13.2 Å². The maximum absolute atomic E-state index is 12.0. The lowest BCUT2D eigenvalue weighted by Gasteiger charge is -2.15. The molecule has 0 bridgehead atoms. The first-order valence-electron chi connectivity index (χ1n) is 7.79. The van der Waals surface area contributed by atoms with Crippen LogP contribution in [0.5, 0.6) is 5.75 Å². The van der Waals surface area contributed by atoms with Crippen LogP contribution in [0.2, 0.25) is 0 Å². The summed E-state index contributed by atoms with van der Waals surface area (Å²) in [6.07, 6.45) is 4.37. The second kappa shape index (κ2) is 9.15. The zero-order valence-corrected chi connectivity index (χ0v) is 14.4. The minimum atomic E-state index is -0.141. The molecule has 2 amide bonds. The number of hydrogen-bond acceptors (Lipinski definition) is 4. The van der Waals surface area contributed by atoms with E-state index in [0.717, 1.165) is 30.0 Å². The highest BCUT2D eigenvalue weighted by Gasteiger charge is 2.14. The van der Waals surface area contributed by atoms with Crippen molar-refractivity contribution in [3.8, 4) is 5.75 Å². The summed E-state index contributed by atoms with van der Waals surface area (Å²) in [6, 6.07) is 7.84. The Kier molecular flexibility index (Phi) is 6.87. The summed E-state index contributed by atoms with van der Waals surface area (Å²) in [5.74, 6) is 0.863. The van der Waals surface area contributed by atoms with Crippen LogP contribution in [0, 0.1) is 0 Å². The first kappa shape index (κ1) is 17.3. The molecular weight excluding hydrogens is 310 g/mol. The summed E-state index contributed by atoms with van der Waals surface area (Å²) in [5.41, 5.74) is 1.21. The van der Waals surface area contributed by atoms with Crippen LogP contribution in [0.25, 0.3) is 0 Å². The fraction of sp³-hybridized carbons (Fsp3) is 0.412. The molecule has 0 saturated carbocycles. The molecule has 1 aromatic carbocycles. The van der Waals surface area contributed by atoms with Crippen molar-refractivity contribution in [2.45, 2.75) is 32.2 Å². The van der Waals surface area contributed by atoms with E-state index < -0.39 is 0 Å². The van der Waals surface area contributed by atoms with Gasteiger partial charge in [-0.05, 0) is 37.0 Å². The maximum Gasteiger partial charge on any atom is 0.315 e. The highest BCUT2D eigenvalue weighted by molar-refractivity contribution is 7.09. The number of methoxy groups -OCH3 is 1. The number of carbonyl (C=O) groups excluding carboxylic acids is 1. The van der Waals surface area contributed by atoms with Crippen LogP contribution in [0.4, 0.5) is 4.79 Å². The first-order valence-corrected chi connectivity index (χ1v) is 8.67. The average molecular weight is 333 g/mol. The number of hydrogen-bond donors (Lipinski definition) is 2. The zero-order chi connectivity index (χ0) is 16.5. The highest BCUT2D eigenvalue weighted by atomic mass is 32.1. The summed E-state index contributed by atoms with van der Waals surface area (Å²) in [7, 11) is 1.66. The predicted octanol–water partition coefficient (Wildman–Crippen LogP) is 3.53. The third kappa shape index (κ3) is 5.56. The topological polar surface area (TPSA) is 63.2 Å². The van der Waals surface area contributed by atoms with E-state index in [2.05, 4.69) is 21.7 Å². The van der Waals surface area contributed by atoms with E-state index in [1.54, 1.807) is 24.6 Å². The standard InChI is InChI=1S/C17H23N3O2S/c1-3-15(16-18-10-11-23-16)20-17(21)19-9-5-7-13-6-4-8-14(12-13)22-2/h4,6,8,10-12,15H,3,5,7,9H2,1-2H3,(H2,19,20,21)/t15-/m1/s1. The van der Waals surface area contributed by atoms with E-state index in [-0.39, 0.29) is 12.1 Å². The normalized spacial score (nSPS) is 11.7.